The molecule has 0 aliphatic heterocycles. The van der Waals surface area contributed by atoms with Crippen molar-refractivity contribution in [3.8, 4) is 0 Å². The fraction of sp³-hybridized carbons (Fsp3) is 0.769. The first-order chi connectivity index (χ1) is 8.09. The zero-order valence-corrected chi connectivity index (χ0v) is 11.2. The van der Waals surface area contributed by atoms with E-state index in [0.29, 0.717) is 0 Å². The highest BCUT2D eigenvalue weighted by molar-refractivity contribution is 5.00. The summed E-state index contributed by atoms with van der Waals surface area (Å²) in [6.07, 6.45) is 3.78. The second-order valence-electron chi connectivity index (χ2n) is 5.29. The fourth-order valence-corrected chi connectivity index (χ4v) is 1.84. The number of aryl methyl sites for hydroxylation is 1. The molecule has 0 aliphatic carbocycles. The summed E-state index contributed by atoms with van der Waals surface area (Å²) in [7, 11) is 0. The third kappa shape index (κ3) is 4.88. The molecule has 0 aliphatic rings. The molecule has 1 aromatic rings. The van der Waals surface area contributed by atoms with Crippen LogP contribution in [0.3, 0.4) is 0 Å². The Hall–Kier alpha value is -0.870. The van der Waals surface area contributed by atoms with Crippen LogP contribution in [0.25, 0.3) is 0 Å². The van der Waals surface area contributed by atoms with Gasteiger partial charge in [0.25, 0.3) is 0 Å². The molecule has 0 fully saturated rings. The first kappa shape index (κ1) is 14.2. The molecule has 0 saturated carbocycles. The molecule has 4 nitrogen and oxygen atoms in total. The lowest BCUT2D eigenvalue weighted by atomic mass is 9.90. The Morgan fingerprint density at radius 2 is 2.24 bits per heavy atom. The van der Waals surface area contributed by atoms with E-state index in [9.17, 15) is 0 Å². The van der Waals surface area contributed by atoms with Crippen molar-refractivity contribution in [1.29, 1.82) is 0 Å². The quantitative estimate of drug-likeness (QED) is 0.727. The number of nitrogens with one attached hydrogen (secondary N) is 1. The van der Waals surface area contributed by atoms with Crippen LogP contribution >= 0.6 is 0 Å². The van der Waals surface area contributed by atoms with Crippen LogP contribution in [0.2, 0.25) is 0 Å². The zero-order chi connectivity index (χ0) is 12.7. The van der Waals surface area contributed by atoms with Crippen LogP contribution < -0.4 is 5.32 Å². The Bertz CT molecular complexity index is 320. The topological polar surface area (TPSA) is 50.1 Å². The Kier molecular flexibility index (Phi) is 5.65. The van der Waals surface area contributed by atoms with E-state index in [1.165, 1.54) is 5.69 Å². The van der Waals surface area contributed by atoms with E-state index in [1.54, 1.807) is 0 Å². The molecule has 0 unspecified atom stereocenters. The van der Waals surface area contributed by atoms with E-state index in [2.05, 4.69) is 37.3 Å². The first-order valence-corrected chi connectivity index (χ1v) is 6.41. The normalized spacial score (nSPS) is 12.0. The third-order valence-corrected chi connectivity index (χ3v) is 2.94. The van der Waals surface area contributed by atoms with Gasteiger partial charge in [0.15, 0.2) is 0 Å². The highest BCUT2D eigenvalue weighted by atomic mass is 16.3. The van der Waals surface area contributed by atoms with Crippen LogP contribution in [0.5, 0.6) is 0 Å². The second kappa shape index (κ2) is 6.77. The van der Waals surface area contributed by atoms with Crippen LogP contribution in [0.1, 0.15) is 39.3 Å². The number of aliphatic hydroxyl groups excluding tert-OH is 1. The van der Waals surface area contributed by atoms with Gasteiger partial charge in [-0.15, -0.1) is 0 Å². The van der Waals surface area contributed by atoms with Crippen molar-refractivity contribution in [1.82, 2.24) is 15.1 Å². The van der Waals surface area contributed by atoms with Crippen molar-refractivity contribution in [3.05, 3.63) is 18.0 Å². The summed E-state index contributed by atoms with van der Waals surface area (Å²) in [6.45, 7) is 9.47. The number of hydrogen-bond acceptors (Lipinski definition) is 3. The Labute approximate surface area is 104 Å². The molecular formula is C13H25N3O. The van der Waals surface area contributed by atoms with Crippen molar-refractivity contribution in [2.45, 2.75) is 46.7 Å². The maximum absolute atomic E-state index is 8.96. The third-order valence-electron chi connectivity index (χ3n) is 2.94. The highest BCUT2D eigenvalue weighted by Gasteiger charge is 2.16. The molecule has 0 bridgehead atoms. The van der Waals surface area contributed by atoms with Gasteiger partial charge in [0, 0.05) is 32.4 Å². The molecule has 0 atom stereocenters. The minimum absolute atomic E-state index is 0.143. The van der Waals surface area contributed by atoms with Crippen molar-refractivity contribution < 1.29 is 5.11 Å². The average Bonchev–Trinajstić information content (AvgIpc) is 2.66. The molecule has 1 heterocycles. The molecule has 0 amide bonds. The summed E-state index contributed by atoms with van der Waals surface area (Å²) < 4.78 is 2.05. The van der Waals surface area contributed by atoms with Gasteiger partial charge in [0.2, 0.25) is 0 Å². The molecule has 1 rings (SSSR count). The standard InChI is InChI=1S/C13H25N3O/c1-4-8-16-12(5-7-15-16)10-14-11-13(2,3)6-9-17/h5,7,14,17H,4,6,8-11H2,1-3H3. The minimum atomic E-state index is 0.143. The Balaban J connectivity index is 2.37. The largest absolute Gasteiger partial charge is 0.396 e. The summed E-state index contributed by atoms with van der Waals surface area (Å²) in [5.74, 6) is 0. The van der Waals surface area contributed by atoms with Gasteiger partial charge in [-0.25, -0.2) is 0 Å². The number of aromatic nitrogens is 2. The van der Waals surface area contributed by atoms with E-state index in [0.717, 1.165) is 32.5 Å². The lowest BCUT2D eigenvalue weighted by Crippen LogP contribution is -2.30. The van der Waals surface area contributed by atoms with Crippen molar-refractivity contribution >= 4 is 0 Å². The van der Waals surface area contributed by atoms with Crippen LogP contribution in [-0.4, -0.2) is 28.0 Å². The molecule has 17 heavy (non-hydrogen) atoms. The van der Waals surface area contributed by atoms with Gasteiger partial charge in [0.1, 0.15) is 0 Å². The summed E-state index contributed by atoms with van der Waals surface area (Å²) in [5.41, 5.74) is 1.37. The van der Waals surface area contributed by atoms with E-state index in [1.807, 2.05) is 10.9 Å². The monoisotopic (exact) mass is 239 g/mol. The Morgan fingerprint density at radius 1 is 1.47 bits per heavy atom. The van der Waals surface area contributed by atoms with Crippen LogP contribution in [-0.2, 0) is 13.1 Å². The molecule has 98 valence electrons. The van der Waals surface area contributed by atoms with E-state index in [4.69, 9.17) is 5.11 Å². The van der Waals surface area contributed by atoms with Crippen LogP contribution in [0, 0.1) is 5.41 Å². The van der Waals surface area contributed by atoms with Gasteiger partial charge in [-0.3, -0.25) is 4.68 Å². The predicted molar refractivity (Wildman–Crippen MR) is 69.7 cm³/mol. The molecule has 0 aromatic carbocycles. The SMILES string of the molecule is CCCn1nccc1CNCC(C)(C)CCO. The zero-order valence-electron chi connectivity index (χ0n) is 11.2. The van der Waals surface area contributed by atoms with E-state index >= 15 is 0 Å². The van der Waals surface area contributed by atoms with Crippen LogP contribution in [0.4, 0.5) is 0 Å². The smallest absolute Gasteiger partial charge is 0.0522 e. The minimum Gasteiger partial charge on any atom is -0.396 e. The molecule has 0 spiro atoms. The van der Waals surface area contributed by atoms with E-state index < -0.39 is 0 Å². The summed E-state index contributed by atoms with van der Waals surface area (Å²) in [5, 5.41) is 16.7. The average molecular weight is 239 g/mol. The second-order valence-corrected chi connectivity index (χ2v) is 5.29. The van der Waals surface area contributed by atoms with Crippen molar-refractivity contribution in [2.24, 2.45) is 5.41 Å². The maximum Gasteiger partial charge on any atom is 0.0522 e. The first-order valence-electron chi connectivity index (χ1n) is 6.41. The molecule has 4 heteroatoms. The molecule has 2 N–H and O–H groups in total. The van der Waals surface area contributed by atoms with Gasteiger partial charge in [-0.2, -0.15) is 5.10 Å². The summed E-state index contributed by atoms with van der Waals surface area (Å²) in [4.78, 5) is 0. The molecule has 0 saturated heterocycles. The van der Waals surface area contributed by atoms with Gasteiger partial charge in [-0.05, 0) is 24.3 Å². The fourth-order valence-electron chi connectivity index (χ4n) is 1.84. The number of aliphatic hydroxyl groups is 1. The molecule has 1 aromatic heterocycles. The van der Waals surface area contributed by atoms with Crippen LogP contribution in [0.15, 0.2) is 12.3 Å². The van der Waals surface area contributed by atoms with Crippen molar-refractivity contribution in [3.63, 3.8) is 0 Å². The number of hydrogen-bond donors (Lipinski definition) is 2. The van der Waals surface area contributed by atoms with Gasteiger partial charge in [-0.1, -0.05) is 20.8 Å². The lowest BCUT2D eigenvalue weighted by Gasteiger charge is -2.24. The van der Waals surface area contributed by atoms with Crippen molar-refractivity contribution in [2.75, 3.05) is 13.2 Å². The lowest BCUT2D eigenvalue weighted by molar-refractivity contribution is 0.206. The summed E-state index contributed by atoms with van der Waals surface area (Å²) in [6, 6.07) is 2.06. The van der Waals surface area contributed by atoms with Gasteiger partial charge in [0.05, 0.1) is 5.69 Å². The molecule has 0 radical (unpaired) electrons. The predicted octanol–water partition coefficient (Wildman–Crippen LogP) is 1.79. The maximum atomic E-state index is 8.96. The van der Waals surface area contributed by atoms with E-state index in [-0.39, 0.29) is 12.0 Å². The van der Waals surface area contributed by atoms with Gasteiger partial charge < -0.3 is 10.4 Å². The Morgan fingerprint density at radius 3 is 2.88 bits per heavy atom. The summed E-state index contributed by atoms with van der Waals surface area (Å²) >= 11 is 0. The number of rotatable bonds is 8. The van der Waals surface area contributed by atoms with Gasteiger partial charge >= 0.3 is 0 Å². The number of nitrogens with zero attached hydrogens (tertiary/aromatic N) is 2. The highest BCUT2D eigenvalue weighted by Crippen LogP contribution is 2.18. The molecular weight excluding hydrogens is 214 g/mol.